The van der Waals surface area contributed by atoms with Crippen molar-refractivity contribution in [3.63, 3.8) is 0 Å². The topological polar surface area (TPSA) is 0 Å². The van der Waals surface area contributed by atoms with Crippen LogP contribution in [0.4, 0.5) is 0 Å². The molecule has 0 unspecified atom stereocenters. The highest BCUT2D eigenvalue weighted by atomic mass is 32.2. The Morgan fingerprint density at radius 2 is 2.67 bits per heavy atom. The van der Waals surface area contributed by atoms with Crippen LogP contribution in [-0.2, 0) is 0 Å². The molecule has 1 aromatic heterocycles. The molecule has 0 aromatic carbocycles. The van der Waals surface area contributed by atoms with Crippen molar-refractivity contribution >= 4 is 23.1 Å². The molecule has 2 heteroatoms. The van der Waals surface area contributed by atoms with Crippen LogP contribution >= 0.6 is 23.1 Å². The largest absolute Gasteiger partial charge is 0.137 e. The zero-order valence-electron chi connectivity index (χ0n) is 4.83. The summed E-state index contributed by atoms with van der Waals surface area (Å²) in [4.78, 5) is 0. The lowest BCUT2D eigenvalue weighted by Gasteiger charge is -1.85. The fourth-order valence-electron chi connectivity index (χ4n) is 0.458. The first-order valence-corrected chi connectivity index (χ1v) is 4.40. The van der Waals surface area contributed by atoms with E-state index in [-0.39, 0.29) is 0 Å². The van der Waals surface area contributed by atoms with Crippen LogP contribution in [0.5, 0.6) is 0 Å². The van der Waals surface area contributed by atoms with Crippen molar-refractivity contribution in [2.75, 3.05) is 5.75 Å². The van der Waals surface area contributed by atoms with Gasteiger partial charge in [-0.05, 0) is 11.4 Å². The Hall–Kier alpha value is -0.390. The maximum absolute atomic E-state index is 5.08. The van der Waals surface area contributed by atoms with Gasteiger partial charge in [0, 0.05) is 0 Å². The number of hydrogen-bond acceptors (Lipinski definition) is 2. The first-order valence-electron chi connectivity index (χ1n) is 2.53. The van der Waals surface area contributed by atoms with Gasteiger partial charge in [0.25, 0.3) is 0 Å². The van der Waals surface area contributed by atoms with Gasteiger partial charge in [0.2, 0.25) is 0 Å². The number of thiophene rings is 1. The second-order valence-electron chi connectivity index (χ2n) is 1.42. The minimum absolute atomic E-state index is 0.778. The van der Waals surface area contributed by atoms with E-state index in [0.29, 0.717) is 0 Å². The van der Waals surface area contributed by atoms with E-state index < -0.39 is 0 Å². The Balaban J connectivity index is 2.41. The number of thioether (sulfide) groups is 1. The average Bonchev–Trinajstić information content (AvgIpc) is 2.34. The number of rotatable bonds is 2. The molecule has 0 radical (unpaired) electrons. The quantitative estimate of drug-likeness (QED) is 0.466. The van der Waals surface area contributed by atoms with Crippen molar-refractivity contribution < 1.29 is 0 Å². The van der Waals surface area contributed by atoms with Crippen molar-refractivity contribution in [2.24, 2.45) is 0 Å². The summed E-state index contributed by atoms with van der Waals surface area (Å²) in [5.41, 5.74) is 0. The fourth-order valence-corrected chi connectivity index (χ4v) is 1.92. The van der Waals surface area contributed by atoms with Crippen LogP contribution in [-0.4, -0.2) is 5.75 Å². The molecular formula is C7H6S2. The Morgan fingerprint density at radius 3 is 3.22 bits per heavy atom. The Labute approximate surface area is 63.3 Å². The lowest BCUT2D eigenvalue weighted by atomic mass is 10.7. The molecule has 1 heterocycles. The van der Waals surface area contributed by atoms with Gasteiger partial charge in [-0.2, -0.15) is 0 Å². The normalized spacial score (nSPS) is 8.78. The van der Waals surface area contributed by atoms with Gasteiger partial charge in [0.05, 0.1) is 9.96 Å². The molecule has 0 amide bonds. The number of terminal acetylenes is 1. The summed E-state index contributed by atoms with van der Waals surface area (Å²) in [5.74, 6) is 3.35. The summed E-state index contributed by atoms with van der Waals surface area (Å²) in [6.07, 6.45) is 5.08. The molecule has 0 aliphatic rings. The number of hydrogen-bond donors (Lipinski definition) is 0. The molecule has 0 aliphatic carbocycles. The molecule has 0 saturated heterocycles. The lowest BCUT2D eigenvalue weighted by Crippen LogP contribution is -1.64. The van der Waals surface area contributed by atoms with E-state index in [9.17, 15) is 0 Å². The minimum atomic E-state index is 0.778. The highest BCUT2D eigenvalue weighted by Gasteiger charge is 1.89. The van der Waals surface area contributed by atoms with Gasteiger partial charge in [-0.1, -0.05) is 12.0 Å². The van der Waals surface area contributed by atoms with Gasteiger partial charge in [0.15, 0.2) is 0 Å². The molecule has 0 aliphatic heterocycles. The molecule has 1 rings (SSSR count). The fraction of sp³-hybridized carbons (Fsp3) is 0.143. The molecule has 0 nitrogen and oxygen atoms in total. The Kier molecular flexibility index (Phi) is 2.69. The Bertz CT molecular complexity index is 193. The molecular weight excluding hydrogens is 148 g/mol. The summed E-state index contributed by atoms with van der Waals surface area (Å²) in [6.45, 7) is 0. The standard InChI is InChI=1S/C7H6S2/c1-2-5-8-7-4-3-6-9-7/h1,3-4,6H,5H2. The van der Waals surface area contributed by atoms with E-state index in [1.54, 1.807) is 23.1 Å². The van der Waals surface area contributed by atoms with Gasteiger partial charge < -0.3 is 0 Å². The summed E-state index contributed by atoms with van der Waals surface area (Å²) < 4.78 is 1.30. The van der Waals surface area contributed by atoms with Gasteiger partial charge in [-0.15, -0.1) is 29.5 Å². The summed E-state index contributed by atoms with van der Waals surface area (Å²) in [7, 11) is 0. The van der Waals surface area contributed by atoms with E-state index in [4.69, 9.17) is 6.42 Å². The second-order valence-corrected chi connectivity index (χ2v) is 3.65. The first kappa shape index (κ1) is 6.73. The third kappa shape index (κ3) is 2.13. The van der Waals surface area contributed by atoms with Crippen LogP contribution in [0, 0.1) is 12.3 Å². The van der Waals surface area contributed by atoms with Crippen molar-refractivity contribution in [3.05, 3.63) is 17.5 Å². The van der Waals surface area contributed by atoms with Crippen molar-refractivity contribution in [1.29, 1.82) is 0 Å². The minimum Gasteiger partial charge on any atom is -0.137 e. The highest BCUT2D eigenvalue weighted by molar-refractivity contribution is 8.01. The molecule has 0 N–H and O–H groups in total. The highest BCUT2D eigenvalue weighted by Crippen LogP contribution is 2.22. The molecule has 46 valence electrons. The smallest absolute Gasteiger partial charge is 0.0607 e. The van der Waals surface area contributed by atoms with Gasteiger partial charge >= 0.3 is 0 Å². The first-order chi connectivity index (χ1) is 4.43. The molecule has 0 atom stereocenters. The lowest BCUT2D eigenvalue weighted by molar-refractivity contribution is 1.72. The van der Waals surface area contributed by atoms with E-state index in [0.717, 1.165) is 5.75 Å². The molecule has 0 spiro atoms. The Morgan fingerprint density at radius 1 is 1.78 bits per heavy atom. The van der Waals surface area contributed by atoms with E-state index in [1.807, 2.05) is 6.07 Å². The van der Waals surface area contributed by atoms with E-state index >= 15 is 0 Å². The molecule has 9 heavy (non-hydrogen) atoms. The van der Waals surface area contributed by atoms with Crippen molar-refractivity contribution in [3.8, 4) is 12.3 Å². The van der Waals surface area contributed by atoms with Gasteiger partial charge in [-0.3, -0.25) is 0 Å². The summed E-state index contributed by atoms with van der Waals surface area (Å²) in [5, 5.41) is 2.05. The van der Waals surface area contributed by atoms with Crippen LogP contribution in [0.15, 0.2) is 21.7 Å². The maximum Gasteiger partial charge on any atom is 0.0607 e. The molecule has 1 aromatic rings. The zero-order chi connectivity index (χ0) is 6.53. The average molecular weight is 154 g/mol. The summed E-state index contributed by atoms with van der Waals surface area (Å²) in [6, 6.07) is 4.11. The monoisotopic (exact) mass is 154 g/mol. The SMILES string of the molecule is C#CCSc1cccs1. The third-order valence-corrected chi connectivity index (χ3v) is 2.83. The van der Waals surface area contributed by atoms with Crippen LogP contribution in [0.1, 0.15) is 0 Å². The third-order valence-electron chi connectivity index (χ3n) is 0.793. The van der Waals surface area contributed by atoms with Crippen molar-refractivity contribution in [1.82, 2.24) is 0 Å². The molecule has 0 bridgehead atoms. The van der Waals surface area contributed by atoms with Crippen molar-refractivity contribution in [2.45, 2.75) is 4.21 Å². The van der Waals surface area contributed by atoms with E-state index in [2.05, 4.69) is 17.4 Å². The van der Waals surface area contributed by atoms with Gasteiger partial charge in [0.1, 0.15) is 0 Å². The second kappa shape index (κ2) is 3.60. The van der Waals surface area contributed by atoms with E-state index in [1.165, 1.54) is 4.21 Å². The summed E-state index contributed by atoms with van der Waals surface area (Å²) >= 11 is 3.44. The van der Waals surface area contributed by atoms with Crippen LogP contribution in [0.25, 0.3) is 0 Å². The maximum atomic E-state index is 5.08. The van der Waals surface area contributed by atoms with Crippen LogP contribution in [0.2, 0.25) is 0 Å². The van der Waals surface area contributed by atoms with Crippen LogP contribution < -0.4 is 0 Å². The predicted octanol–water partition coefficient (Wildman–Crippen LogP) is 2.47. The van der Waals surface area contributed by atoms with Gasteiger partial charge in [-0.25, -0.2) is 0 Å². The molecule has 0 saturated carbocycles. The molecule has 0 fully saturated rings. The van der Waals surface area contributed by atoms with Crippen LogP contribution in [0.3, 0.4) is 0 Å². The predicted molar refractivity (Wildman–Crippen MR) is 43.9 cm³/mol. The zero-order valence-corrected chi connectivity index (χ0v) is 6.47.